The second kappa shape index (κ2) is 8.33. The Labute approximate surface area is 159 Å². The lowest BCUT2D eigenvalue weighted by molar-refractivity contribution is 0.0954. The number of benzene rings is 1. The summed E-state index contributed by atoms with van der Waals surface area (Å²) in [6.45, 7) is 3.26. The van der Waals surface area contributed by atoms with Gasteiger partial charge in [0.15, 0.2) is 0 Å². The van der Waals surface area contributed by atoms with Crippen LogP contribution in [0.25, 0.3) is 0 Å². The van der Waals surface area contributed by atoms with E-state index in [1.54, 1.807) is 29.1 Å². The van der Waals surface area contributed by atoms with E-state index in [2.05, 4.69) is 10.4 Å². The number of halogens is 2. The summed E-state index contributed by atoms with van der Waals surface area (Å²) in [6.07, 6.45) is 1.57. The molecule has 1 amide bonds. The van der Waals surface area contributed by atoms with Crippen molar-refractivity contribution in [2.24, 2.45) is 0 Å². The largest absolute Gasteiger partial charge is 0.489 e. The summed E-state index contributed by atoms with van der Waals surface area (Å²) in [5.74, 6) is 0.0883. The molecule has 8 heteroatoms. The number of hydrogen-bond acceptors (Lipinski definition) is 4. The van der Waals surface area contributed by atoms with E-state index in [4.69, 9.17) is 16.3 Å². The zero-order valence-electron chi connectivity index (χ0n) is 14.0. The first-order valence-electron chi connectivity index (χ1n) is 8.01. The highest BCUT2D eigenvalue weighted by Gasteiger charge is 2.13. The summed E-state index contributed by atoms with van der Waals surface area (Å²) in [5, 5.41) is 9.39. The number of ether oxygens (including phenoxy) is 1. The molecule has 5 nitrogen and oxygen atoms in total. The molecular weight excluding hydrogens is 377 g/mol. The minimum atomic E-state index is -0.309. The van der Waals surface area contributed by atoms with Gasteiger partial charge in [0, 0.05) is 12.1 Å². The Morgan fingerprint density at radius 2 is 2.15 bits per heavy atom. The molecule has 0 radical (unpaired) electrons. The highest BCUT2D eigenvalue weighted by atomic mass is 35.5. The van der Waals surface area contributed by atoms with Gasteiger partial charge in [-0.1, -0.05) is 11.6 Å². The molecule has 0 fully saturated rings. The number of aromatic nitrogens is 2. The normalized spacial score (nSPS) is 10.7. The lowest BCUT2D eigenvalue weighted by atomic mass is 10.3. The van der Waals surface area contributed by atoms with Gasteiger partial charge in [-0.3, -0.25) is 9.48 Å². The molecule has 0 aliphatic heterocycles. The Kier molecular flexibility index (Phi) is 5.90. The summed E-state index contributed by atoms with van der Waals surface area (Å²) < 4.78 is 20.2. The molecule has 0 bridgehead atoms. The Morgan fingerprint density at radius 1 is 1.38 bits per heavy atom. The molecular formula is C18H17ClFN3O2S. The van der Waals surface area contributed by atoms with Crippen molar-refractivity contribution >= 4 is 28.8 Å². The van der Waals surface area contributed by atoms with Gasteiger partial charge in [-0.2, -0.15) is 5.10 Å². The predicted molar refractivity (Wildman–Crippen MR) is 99.1 cm³/mol. The van der Waals surface area contributed by atoms with Crippen molar-refractivity contribution in [3.05, 3.63) is 68.9 Å². The highest BCUT2D eigenvalue weighted by molar-refractivity contribution is 7.12. The fourth-order valence-electron chi connectivity index (χ4n) is 2.36. The summed E-state index contributed by atoms with van der Waals surface area (Å²) in [6, 6.07) is 7.59. The van der Waals surface area contributed by atoms with Gasteiger partial charge in [0.1, 0.15) is 18.2 Å². The molecule has 0 saturated heterocycles. The molecule has 3 aromatic rings. The van der Waals surface area contributed by atoms with Crippen LogP contribution in [0.1, 0.15) is 27.9 Å². The molecule has 0 atom stereocenters. The minimum absolute atomic E-state index is 0.178. The quantitative estimate of drug-likeness (QED) is 0.652. The van der Waals surface area contributed by atoms with Crippen molar-refractivity contribution < 1.29 is 13.9 Å². The minimum Gasteiger partial charge on any atom is -0.489 e. The Hall–Kier alpha value is -2.38. The van der Waals surface area contributed by atoms with Crippen LogP contribution in [0.5, 0.6) is 5.75 Å². The number of aryl methyl sites for hydroxylation is 1. The van der Waals surface area contributed by atoms with Crippen LogP contribution in [0.2, 0.25) is 5.02 Å². The van der Waals surface area contributed by atoms with Crippen molar-refractivity contribution in [2.75, 3.05) is 0 Å². The average Bonchev–Trinajstić information content (AvgIpc) is 3.26. The second-order valence-electron chi connectivity index (χ2n) is 5.50. The topological polar surface area (TPSA) is 56.2 Å². The lowest BCUT2D eigenvalue weighted by Crippen LogP contribution is -2.23. The van der Waals surface area contributed by atoms with Gasteiger partial charge in [0.25, 0.3) is 5.91 Å². The van der Waals surface area contributed by atoms with Crippen LogP contribution in [0.15, 0.2) is 41.9 Å². The first-order valence-corrected chi connectivity index (χ1v) is 9.26. The predicted octanol–water partition coefficient (Wildman–Crippen LogP) is 4.27. The Bertz CT molecular complexity index is 892. The third-order valence-electron chi connectivity index (χ3n) is 3.71. The third-order valence-corrected chi connectivity index (χ3v) is 5.00. The van der Waals surface area contributed by atoms with Gasteiger partial charge in [-0.05, 0) is 42.6 Å². The molecule has 26 heavy (non-hydrogen) atoms. The number of carbonyl (C=O) groups excluding carboxylic acids is 1. The lowest BCUT2D eigenvalue weighted by Gasteiger charge is -2.07. The van der Waals surface area contributed by atoms with Crippen molar-refractivity contribution in [3.63, 3.8) is 0 Å². The Morgan fingerprint density at radius 3 is 2.88 bits per heavy atom. The van der Waals surface area contributed by atoms with Gasteiger partial charge in [0.05, 0.1) is 28.3 Å². The van der Waals surface area contributed by atoms with E-state index in [-0.39, 0.29) is 11.7 Å². The molecule has 2 aromatic heterocycles. The number of rotatable bonds is 7. The van der Waals surface area contributed by atoms with Crippen molar-refractivity contribution in [3.8, 4) is 5.75 Å². The van der Waals surface area contributed by atoms with Crippen LogP contribution >= 0.6 is 22.9 Å². The van der Waals surface area contributed by atoms with Gasteiger partial charge >= 0.3 is 0 Å². The molecule has 0 saturated carbocycles. The van der Waals surface area contributed by atoms with E-state index in [1.807, 2.05) is 12.3 Å². The first kappa shape index (κ1) is 18.4. The summed E-state index contributed by atoms with van der Waals surface area (Å²) >= 11 is 7.43. The number of hydrogen-bond donors (Lipinski definition) is 1. The molecule has 0 aliphatic rings. The monoisotopic (exact) mass is 393 g/mol. The zero-order valence-corrected chi connectivity index (χ0v) is 15.6. The van der Waals surface area contributed by atoms with Crippen LogP contribution in [0, 0.1) is 5.82 Å². The smallest absolute Gasteiger partial charge is 0.261 e. The van der Waals surface area contributed by atoms with E-state index in [9.17, 15) is 9.18 Å². The van der Waals surface area contributed by atoms with E-state index >= 15 is 0 Å². The van der Waals surface area contributed by atoms with Crippen molar-refractivity contribution in [1.29, 1.82) is 0 Å². The van der Waals surface area contributed by atoms with Crippen molar-refractivity contribution in [2.45, 2.75) is 26.6 Å². The molecule has 0 unspecified atom stereocenters. The molecule has 2 heterocycles. The number of carbonyl (C=O) groups is 1. The summed E-state index contributed by atoms with van der Waals surface area (Å²) in [5.41, 5.74) is 1.65. The molecule has 136 valence electrons. The van der Waals surface area contributed by atoms with Crippen LogP contribution in [-0.2, 0) is 19.7 Å². The van der Waals surface area contributed by atoms with Crippen LogP contribution in [-0.4, -0.2) is 15.7 Å². The summed E-state index contributed by atoms with van der Waals surface area (Å²) in [4.78, 5) is 12.9. The van der Waals surface area contributed by atoms with Gasteiger partial charge < -0.3 is 10.1 Å². The summed E-state index contributed by atoms with van der Waals surface area (Å²) in [7, 11) is 0. The SMILES string of the molecule is CCn1ncc(Cl)c1CNC(=O)c1cc(COc2ccc(F)cc2)cs1. The number of amides is 1. The van der Waals surface area contributed by atoms with Crippen LogP contribution in [0.3, 0.4) is 0 Å². The van der Waals surface area contributed by atoms with Crippen LogP contribution < -0.4 is 10.1 Å². The van der Waals surface area contributed by atoms with E-state index < -0.39 is 0 Å². The zero-order chi connectivity index (χ0) is 18.5. The number of thiophene rings is 1. The fourth-order valence-corrected chi connectivity index (χ4v) is 3.38. The molecule has 1 aromatic carbocycles. The molecule has 0 aliphatic carbocycles. The average molecular weight is 394 g/mol. The maximum Gasteiger partial charge on any atom is 0.261 e. The number of nitrogens with one attached hydrogen (secondary N) is 1. The van der Waals surface area contributed by atoms with E-state index in [1.165, 1.54) is 23.5 Å². The maximum absolute atomic E-state index is 12.9. The fraction of sp³-hybridized carbons (Fsp3) is 0.222. The van der Waals surface area contributed by atoms with Crippen molar-refractivity contribution in [1.82, 2.24) is 15.1 Å². The van der Waals surface area contributed by atoms with Gasteiger partial charge in [-0.25, -0.2) is 4.39 Å². The second-order valence-corrected chi connectivity index (χ2v) is 6.82. The van der Waals surface area contributed by atoms with E-state index in [0.29, 0.717) is 35.3 Å². The van der Waals surface area contributed by atoms with E-state index in [0.717, 1.165) is 11.3 Å². The molecule has 0 spiro atoms. The van der Waals surface area contributed by atoms with Gasteiger partial charge in [-0.15, -0.1) is 11.3 Å². The highest BCUT2D eigenvalue weighted by Crippen LogP contribution is 2.19. The maximum atomic E-state index is 12.9. The Balaban J connectivity index is 1.55. The third kappa shape index (κ3) is 4.42. The molecule has 3 rings (SSSR count). The first-order chi connectivity index (χ1) is 12.6. The molecule has 1 N–H and O–H groups in total. The standard InChI is InChI=1S/C18H17ClFN3O2S/c1-2-23-16(15(19)8-22-23)9-21-18(24)17-7-12(11-26-17)10-25-14-5-3-13(20)4-6-14/h3-8,11H,2,9-10H2,1H3,(H,21,24). The van der Waals surface area contributed by atoms with Gasteiger partial charge in [0.2, 0.25) is 0 Å². The van der Waals surface area contributed by atoms with Crippen LogP contribution in [0.4, 0.5) is 4.39 Å². The number of nitrogens with zero attached hydrogens (tertiary/aromatic N) is 2.